The van der Waals surface area contributed by atoms with E-state index in [4.69, 9.17) is 11.6 Å². The van der Waals surface area contributed by atoms with Crippen molar-refractivity contribution in [3.05, 3.63) is 53.2 Å². The second kappa shape index (κ2) is 3.86. The third-order valence-corrected chi connectivity index (χ3v) is 2.92. The Hall–Kier alpha value is -1.87. The molecule has 2 aromatic heterocycles. The second-order valence-electron chi connectivity index (χ2n) is 3.90. The van der Waals surface area contributed by atoms with Crippen LogP contribution in [0.1, 0.15) is 5.56 Å². The Morgan fingerprint density at radius 2 is 2.00 bits per heavy atom. The summed E-state index contributed by atoms with van der Waals surface area (Å²) in [6, 6.07) is 11.7. The number of pyridine rings is 1. The highest BCUT2D eigenvalue weighted by molar-refractivity contribution is 6.30. The average molecular weight is 244 g/mol. The first-order valence-electron chi connectivity index (χ1n) is 5.32. The largest absolute Gasteiger partial charge is 0.220 e. The maximum Gasteiger partial charge on any atom is 0.182 e. The molecule has 0 bridgehead atoms. The maximum atomic E-state index is 5.92. The highest BCUT2D eigenvalue weighted by Crippen LogP contribution is 2.21. The van der Waals surface area contributed by atoms with Crippen LogP contribution in [0, 0.1) is 6.92 Å². The molecule has 0 fully saturated rings. The first kappa shape index (κ1) is 10.3. The van der Waals surface area contributed by atoms with Gasteiger partial charge in [-0.2, -0.15) is 0 Å². The summed E-state index contributed by atoms with van der Waals surface area (Å²) in [6.07, 6.45) is 1.81. The summed E-state index contributed by atoms with van der Waals surface area (Å²) in [5.74, 6) is 0.727. The number of aromatic nitrogens is 3. The number of benzene rings is 1. The van der Waals surface area contributed by atoms with Crippen molar-refractivity contribution in [2.24, 2.45) is 0 Å². The molecule has 3 rings (SSSR count). The first-order chi connectivity index (χ1) is 8.24. The molecular formula is C13H10ClN3. The number of rotatable bonds is 1. The molecule has 17 heavy (non-hydrogen) atoms. The summed E-state index contributed by atoms with van der Waals surface area (Å²) in [5.41, 5.74) is 2.97. The Kier molecular flexibility index (Phi) is 2.34. The molecule has 0 spiro atoms. The van der Waals surface area contributed by atoms with Crippen molar-refractivity contribution in [2.45, 2.75) is 6.92 Å². The predicted octanol–water partition coefficient (Wildman–Crippen LogP) is 3.36. The van der Waals surface area contributed by atoms with E-state index in [0.717, 1.165) is 22.6 Å². The SMILES string of the molecule is Cc1ccccc1-c1nc2cc(Cl)ccn2n1. The standard InChI is InChI=1S/C13H10ClN3/c1-9-4-2-3-5-11(9)13-15-12-8-10(14)6-7-17(12)16-13/h2-8H,1H3. The van der Waals surface area contributed by atoms with Crippen molar-refractivity contribution < 1.29 is 0 Å². The Balaban J connectivity index is 2.22. The average Bonchev–Trinajstić information content (AvgIpc) is 2.72. The van der Waals surface area contributed by atoms with Crippen LogP contribution in [0.15, 0.2) is 42.6 Å². The van der Waals surface area contributed by atoms with Crippen molar-refractivity contribution in [3.63, 3.8) is 0 Å². The number of fused-ring (bicyclic) bond motifs is 1. The summed E-state index contributed by atoms with van der Waals surface area (Å²) in [7, 11) is 0. The van der Waals surface area contributed by atoms with Gasteiger partial charge in [-0.05, 0) is 18.6 Å². The molecule has 1 aromatic carbocycles. The van der Waals surface area contributed by atoms with E-state index in [1.165, 1.54) is 0 Å². The molecule has 0 aliphatic carbocycles. The van der Waals surface area contributed by atoms with Crippen LogP contribution in [0.3, 0.4) is 0 Å². The fourth-order valence-corrected chi connectivity index (χ4v) is 1.95. The maximum absolute atomic E-state index is 5.92. The monoisotopic (exact) mass is 243 g/mol. The van der Waals surface area contributed by atoms with Crippen molar-refractivity contribution >= 4 is 17.2 Å². The quantitative estimate of drug-likeness (QED) is 0.656. The highest BCUT2D eigenvalue weighted by atomic mass is 35.5. The van der Waals surface area contributed by atoms with E-state index < -0.39 is 0 Å². The van der Waals surface area contributed by atoms with Crippen LogP contribution >= 0.6 is 11.6 Å². The van der Waals surface area contributed by atoms with E-state index in [0.29, 0.717) is 5.02 Å². The summed E-state index contributed by atoms with van der Waals surface area (Å²) in [6.45, 7) is 2.05. The molecule has 2 heterocycles. The van der Waals surface area contributed by atoms with E-state index in [2.05, 4.69) is 10.1 Å². The third kappa shape index (κ3) is 1.78. The molecule has 3 aromatic rings. The van der Waals surface area contributed by atoms with E-state index in [-0.39, 0.29) is 0 Å². The lowest BCUT2D eigenvalue weighted by atomic mass is 10.1. The van der Waals surface area contributed by atoms with Crippen LogP contribution in [-0.2, 0) is 0 Å². The van der Waals surface area contributed by atoms with Gasteiger partial charge in [-0.25, -0.2) is 9.50 Å². The van der Waals surface area contributed by atoms with Gasteiger partial charge in [-0.15, -0.1) is 5.10 Å². The molecule has 3 nitrogen and oxygen atoms in total. The van der Waals surface area contributed by atoms with Crippen molar-refractivity contribution in [1.82, 2.24) is 14.6 Å². The van der Waals surface area contributed by atoms with E-state index in [1.54, 1.807) is 16.6 Å². The smallest absolute Gasteiger partial charge is 0.182 e. The number of hydrogen-bond donors (Lipinski definition) is 0. The Labute approximate surface area is 104 Å². The second-order valence-corrected chi connectivity index (χ2v) is 4.33. The van der Waals surface area contributed by atoms with Crippen molar-refractivity contribution in [2.75, 3.05) is 0 Å². The van der Waals surface area contributed by atoms with Crippen molar-refractivity contribution in [3.8, 4) is 11.4 Å². The molecular weight excluding hydrogens is 234 g/mol. The van der Waals surface area contributed by atoms with Gasteiger partial charge in [0, 0.05) is 22.8 Å². The van der Waals surface area contributed by atoms with Gasteiger partial charge in [0.25, 0.3) is 0 Å². The minimum Gasteiger partial charge on any atom is -0.220 e. The minimum absolute atomic E-state index is 0.668. The predicted molar refractivity (Wildman–Crippen MR) is 68.2 cm³/mol. The number of nitrogens with zero attached hydrogens (tertiary/aromatic N) is 3. The normalized spacial score (nSPS) is 10.9. The Bertz CT molecular complexity index is 688. The highest BCUT2D eigenvalue weighted by Gasteiger charge is 2.08. The summed E-state index contributed by atoms with van der Waals surface area (Å²) >= 11 is 5.92. The Morgan fingerprint density at radius 1 is 1.18 bits per heavy atom. The van der Waals surface area contributed by atoms with Crippen LogP contribution in [-0.4, -0.2) is 14.6 Å². The third-order valence-electron chi connectivity index (χ3n) is 2.69. The minimum atomic E-state index is 0.668. The van der Waals surface area contributed by atoms with Gasteiger partial charge in [0.05, 0.1) is 0 Å². The lowest BCUT2D eigenvalue weighted by Crippen LogP contribution is -1.87. The van der Waals surface area contributed by atoms with Crippen LogP contribution in [0.4, 0.5) is 0 Å². The number of halogens is 1. The first-order valence-corrected chi connectivity index (χ1v) is 5.70. The van der Waals surface area contributed by atoms with Gasteiger partial charge in [-0.3, -0.25) is 0 Å². The van der Waals surface area contributed by atoms with Crippen LogP contribution in [0.2, 0.25) is 5.02 Å². The van der Waals surface area contributed by atoms with Gasteiger partial charge in [0.15, 0.2) is 11.5 Å². The lowest BCUT2D eigenvalue weighted by Gasteiger charge is -1.98. The van der Waals surface area contributed by atoms with Gasteiger partial charge in [0.1, 0.15) is 0 Å². The molecule has 0 saturated heterocycles. The van der Waals surface area contributed by atoms with Crippen LogP contribution in [0.25, 0.3) is 17.0 Å². The topological polar surface area (TPSA) is 30.2 Å². The zero-order valence-corrected chi connectivity index (χ0v) is 10.0. The van der Waals surface area contributed by atoms with Gasteiger partial charge in [0.2, 0.25) is 0 Å². The van der Waals surface area contributed by atoms with Crippen LogP contribution < -0.4 is 0 Å². The van der Waals surface area contributed by atoms with Gasteiger partial charge in [-0.1, -0.05) is 35.9 Å². The fraction of sp³-hybridized carbons (Fsp3) is 0.0769. The summed E-state index contributed by atoms with van der Waals surface area (Å²) < 4.78 is 1.73. The van der Waals surface area contributed by atoms with Crippen LogP contribution in [0.5, 0.6) is 0 Å². The zero-order valence-electron chi connectivity index (χ0n) is 9.26. The number of hydrogen-bond acceptors (Lipinski definition) is 2. The number of aryl methyl sites for hydroxylation is 1. The summed E-state index contributed by atoms with van der Waals surface area (Å²) in [4.78, 5) is 4.47. The molecule has 4 heteroatoms. The molecule has 84 valence electrons. The van der Waals surface area contributed by atoms with Crippen molar-refractivity contribution in [1.29, 1.82) is 0 Å². The van der Waals surface area contributed by atoms with E-state index in [1.807, 2.05) is 37.4 Å². The lowest BCUT2D eigenvalue weighted by molar-refractivity contribution is 0.965. The van der Waals surface area contributed by atoms with Gasteiger partial charge >= 0.3 is 0 Å². The fourth-order valence-electron chi connectivity index (χ4n) is 1.79. The molecule has 0 unspecified atom stereocenters. The Morgan fingerprint density at radius 3 is 2.82 bits per heavy atom. The van der Waals surface area contributed by atoms with Gasteiger partial charge < -0.3 is 0 Å². The molecule has 0 aliphatic rings. The molecule has 0 N–H and O–H groups in total. The molecule has 0 amide bonds. The molecule has 0 saturated carbocycles. The molecule has 0 atom stereocenters. The molecule has 0 aliphatic heterocycles. The van der Waals surface area contributed by atoms with E-state index >= 15 is 0 Å². The zero-order chi connectivity index (χ0) is 11.8. The summed E-state index contributed by atoms with van der Waals surface area (Å²) in [5, 5.41) is 5.10. The molecule has 0 radical (unpaired) electrons. The van der Waals surface area contributed by atoms with E-state index in [9.17, 15) is 0 Å².